The molecule has 94 heavy (non-hydrogen) atoms. The Labute approximate surface area is 543 Å². The molecule has 1 fully saturated rings. The summed E-state index contributed by atoms with van der Waals surface area (Å²) in [7, 11) is -26.0. The first-order valence-corrected chi connectivity index (χ1v) is 37.6. The van der Waals surface area contributed by atoms with Crippen molar-refractivity contribution in [2.75, 3.05) is 48.8 Å². The van der Waals surface area contributed by atoms with Gasteiger partial charge in [-0.25, -0.2) is 28.6 Å². The van der Waals surface area contributed by atoms with Gasteiger partial charge in [-0.3, -0.25) is 23.0 Å². The Bertz CT molecular complexity index is 4270. The minimum atomic E-state index is -5.81. The number of amides is 1. The number of likely N-dealkylation sites (N-methyl/N-ethyl adjacent to an activating group) is 1. The van der Waals surface area contributed by atoms with Crippen LogP contribution in [-0.4, -0.2) is 154 Å². The number of fused-ring (bicyclic) bond motifs is 4. The molecule has 4 aliphatic rings. The van der Waals surface area contributed by atoms with Crippen molar-refractivity contribution in [1.82, 2.24) is 24.8 Å². The number of carbonyl (C=O) groups is 1. The van der Waals surface area contributed by atoms with Gasteiger partial charge in [0.1, 0.15) is 42.7 Å². The van der Waals surface area contributed by atoms with E-state index in [-0.39, 0.29) is 46.9 Å². The lowest BCUT2D eigenvalue weighted by Crippen LogP contribution is -2.44. The van der Waals surface area contributed by atoms with Crippen LogP contribution >= 0.6 is 23.5 Å². The Morgan fingerprint density at radius 1 is 0.840 bits per heavy atom. The second kappa shape index (κ2) is 29.1. The fraction of sp³-hybridized carbons (Fsp3) is 0.417. The third kappa shape index (κ3) is 17.4. The second-order valence-corrected chi connectivity index (χ2v) is 31.0. The van der Waals surface area contributed by atoms with Gasteiger partial charge < -0.3 is 54.8 Å². The first-order valence-electron chi connectivity index (χ1n) is 30.0. The first kappa shape index (κ1) is 71.8. The van der Waals surface area contributed by atoms with Crippen molar-refractivity contribution in [3.63, 3.8) is 0 Å². The lowest BCUT2D eigenvalue weighted by Gasteiger charge is -2.43. The Morgan fingerprint density at radius 3 is 2.28 bits per heavy atom. The molecule has 3 aromatic carbocycles. The topological polar surface area (TPSA) is 418 Å². The molecular weight excluding hydrogens is 1330 g/mol. The number of rotatable bonds is 30. The summed E-state index contributed by atoms with van der Waals surface area (Å²) in [5.41, 5.74) is 7.08. The van der Waals surface area contributed by atoms with Gasteiger partial charge in [0.25, 0.3) is 20.2 Å². The number of ether oxygens (including phenoxy) is 2. The number of aliphatic hydroxyl groups excluding tert-OH is 2. The molecule has 508 valence electrons. The van der Waals surface area contributed by atoms with Gasteiger partial charge in [-0.15, -0.1) is 0 Å². The van der Waals surface area contributed by atoms with E-state index >= 15 is 0 Å². The van der Waals surface area contributed by atoms with Crippen molar-refractivity contribution in [3.8, 4) is 5.75 Å². The van der Waals surface area contributed by atoms with Gasteiger partial charge in [-0.1, -0.05) is 73.6 Å². The molecule has 1 saturated heterocycles. The number of nitrogens with zero attached hydrogens (tertiary/aromatic N) is 6. The molecule has 9 rings (SSSR count). The van der Waals surface area contributed by atoms with Gasteiger partial charge in [-0.05, 0) is 95.7 Å². The first-order chi connectivity index (χ1) is 44.2. The van der Waals surface area contributed by atoms with Crippen molar-refractivity contribution in [2.45, 2.75) is 126 Å². The number of imidazole rings is 1. The molecule has 34 heteroatoms. The Hall–Kier alpha value is -6.44. The van der Waals surface area contributed by atoms with Gasteiger partial charge in [-0.2, -0.15) is 30.0 Å². The maximum absolute atomic E-state index is 13.4. The largest absolute Gasteiger partial charge is 0.490 e. The van der Waals surface area contributed by atoms with E-state index in [0.29, 0.717) is 73.1 Å². The summed E-state index contributed by atoms with van der Waals surface area (Å²) in [5, 5.41) is 27.7. The van der Waals surface area contributed by atoms with E-state index in [1.165, 1.54) is 29.4 Å². The molecule has 2 aromatic heterocycles. The summed E-state index contributed by atoms with van der Waals surface area (Å²) >= 11 is 0. The molecule has 29 nitrogen and oxygen atoms in total. The van der Waals surface area contributed by atoms with E-state index in [0.717, 1.165) is 52.9 Å². The molecule has 1 amide bonds. The standard InChI is InChI=1S/C60H75N8O21P3S2/c1-6-68-47-34-49-44(33-43(47)39(2)35-59(68,3)4)41(31-48(86-49)40-19-11-9-12-20-40)21-13-10-14-22-51-60(5,45-32-42(94(82,83)84)24-25-46(45)66(51)29-18-30-93(79,80)81)26-17-23-52(69)61-27-15-7-8-16-28-62-56-53-57(64-37-63-56)67(38-65-53)58-55(71)54(70)50(87-58)36-85-91(75,76)89-92(77,78)88-90(72,73)74/h9-14,19-22,24-25,31-35,37-38,50,54-55,58,70-71H,6-8,15-18,23,26-30,36H2,1-5H3,(H7-,61,62,63,64,69,72,73,74,75,76,77,78,79,80,81,82,83,84)/p+1/t50-,54-,55-,58-,60?/m1/s1. The van der Waals surface area contributed by atoms with E-state index in [9.17, 15) is 64.4 Å². The summed E-state index contributed by atoms with van der Waals surface area (Å²) in [5.74, 6) is 0.980. The molecule has 4 aliphatic heterocycles. The van der Waals surface area contributed by atoms with Crippen LogP contribution in [0.3, 0.4) is 0 Å². The van der Waals surface area contributed by atoms with Crippen molar-refractivity contribution in [3.05, 3.63) is 138 Å². The number of phosphoric ester groups is 1. The highest BCUT2D eigenvalue weighted by molar-refractivity contribution is 7.86. The van der Waals surface area contributed by atoms with Crippen LogP contribution in [0.2, 0.25) is 0 Å². The summed E-state index contributed by atoms with van der Waals surface area (Å²) in [6.07, 6.45) is 13.5. The maximum atomic E-state index is 13.4. The molecule has 6 heterocycles. The number of benzene rings is 3. The number of phosphoric acid groups is 3. The van der Waals surface area contributed by atoms with Gasteiger partial charge >= 0.3 is 23.5 Å². The van der Waals surface area contributed by atoms with E-state index in [4.69, 9.17) is 19.3 Å². The molecule has 0 saturated carbocycles. The van der Waals surface area contributed by atoms with Crippen LogP contribution in [0.15, 0.2) is 121 Å². The molecule has 0 aliphatic carbocycles. The smallest absolute Gasteiger partial charge is 0.456 e. The molecule has 7 atom stereocenters. The summed E-state index contributed by atoms with van der Waals surface area (Å²) in [4.78, 5) is 65.0. The highest BCUT2D eigenvalue weighted by Gasteiger charge is 2.49. The predicted octanol–water partition coefficient (Wildman–Crippen LogP) is 8.28. The lowest BCUT2D eigenvalue weighted by molar-refractivity contribution is -0.437. The van der Waals surface area contributed by atoms with Crippen LogP contribution in [0.25, 0.3) is 28.1 Å². The van der Waals surface area contributed by atoms with Gasteiger partial charge in [0.05, 0.1) is 34.5 Å². The number of carbonyl (C=O) groups excluding carboxylic acids is 1. The normalized spacial score (nSPS) is 22.2. The molecule has 0 spiro atoms. The van der Waals surface area contributed by atoms with E-state index in [2.05, 4.69) is 89.5 Å². The quantitative estimate of drug-likeness (QED) is 0.00679. The number of hydrogen-bond donors (Lipinski definition) is 10. The number of hydrogen-bond acceptors (Lipinski definition) is 20. The van der Waals surface area contributed by atoms with Gasteiger partial charge in [0, 0.05) is 78.6 Å². The molecule has 0 radical (unpaired) electrons. The van der Waals surface area contributed by atoms with E-state index < -0.39 is 86.0 Å². The van der Waals surface area contributed by atoms with Crippen molar-refractivity contribution in [1.29, 1.82) is 0 Å². The number of aromatic nitrogens is 4. The van der Waals surface area contributed by atoms with Crippen LogP contribution in [0.1, 0.15) is 114 Å². The fourth-order valence-electron chi connectivity index (χ4n) is 12.2. The summed E-state index contributed by atoms with van der Waals surface area (Å²) in [6, 6.07) is 18.4. The third-order valence-corrected chi connectivity index (χ3v) is 21.9. The van der Waals surface area contributed by atoms with Crippen LogP contribution in [0.5, 0.6) is 5.75 Å². The average molecular weight is 1400 g/mol. The third-order valence-electron chi connectivity index (χ3n) is 16.4. The fourth-order valence-corrected chi connectivity index (χ4v) is 16.2. The van der Waals surface area contributed by atoms with Gasteiger partial charge in [0.2, 0.25) is 11.6 Å². The molecule has 3 unspecified atom stereocenters. The monoisotopic (exact) mass is 1400 g/mol. The van der Waals surface area contributed by atoms with E-state index in [1.807, 2.05) is 78.3 Å². The Balaban J connectivity index is 0.817. The number of anilines is 2. The SMILES string of the molecule is CCN1c2cc3c(cc2C(C)=CC1(C)C)C(=CC=CC=CC1=[N+](CCCS(=O)(=O)O)c2ccc(S(=O)(=O)O)cc2C1(C)CCCC(=O)NCCCCCCNc1ncnc2c1ncn2[C@@H]1O[C@H](COP(=O)(O)OP(=O)(O)OP(=O)(O)O)[C@@H](O)[C@H]1O)C=C(c1ccccc1)O3. The molecule has 5 aromatic rings. The Morgan fingerprint density at radius 2 is 1.57 bits per heavy atom. The highest BCUT2D eigenvalue weighted by atomic mass is 32.2. The number of allylic oxidation sites excluding steroid dienone is 8. The lowest BCUT2D eigenvalue weighted by atomic mass is 9.75. The minimum absolute atomic E-state index is 0.0163. The minimum Gasteiger partial charge on any atom is -0.456 e. The highest BCUT2D eigenvalue weighted by Crippen LogP contribution is 2.66. The zero-order valence-corrected chi connectivity index (χ0v) is 56.2. The Kier molecular flexibility index (Phi) is 22.2. The number of unbranched alkanes of at least 4 members (excludes halogenated alkanes) is 3. The van der Waals surface area contributed by atoms with Crippen LogP contribution in [0, 0.1) is 0 Å². The van der Waals surface area contributed by atoms with Crippen molar-refractivity contribution < 1.29 is 101 Å². The zero-order chi connectivity index (χ0) is 68.2. The van der Waals surface area contributed by atoms with Gasteiger partial charge in [0.15, 0.2) is 28.9 Å². The molecular formula is C60H76N8O21P3S2+. The van der Waals surface area contributed by atoms with Crippen molar-refractivity contribution in [2.24, 2.45) is 0 Å². The van der Waals surface area contributed by atoms with Crippen LogP contribution < -0.4 is 20.3 Å². The maximum Gasteiger partial charge on any atom is 0.490 e. The summed E-state index contributed by atoms with van der Waals surface area (Å²) in [6.45, 7) is 11.3. The number of nitrogens with one attached hydrogen (secondary N) is 2. The zero-order valence-electron chi connectivity index (χ0n) is 51.9. The average Bonchev–Trinajstić information content (AvgIpc) is 1.39. The van der Waals surface area contributed by atoms with Crippen LogP contribution in [0.4, 0.5) is 17.2 Å². The molecule has 10 N–H and O–H groups in total. The van der Waals surface area contributed by atoms with Crippen molar-refractivity contribution >= 4 is 101 Å². The van der Waals surface area contributed by atoms with Crippen LogP contribution in [-0.2, 0) is 62.0 Å². The number of aliphatic hydroxyl groups is 2. The second-order valence-electron chi connectivity index (χ2n) is 23.6. The summed E-state index contributed by atoms with van der Waals surface area (Å²) < 4.78 is 131. The van der Waals surface area contributed by atoms with E-state index in [1.54, 1.807) is 6.07 Å². The molecule has 0 bridgehead atoms. The predicted molar refractivity (Wildman–Crippen MR) is 348 cm³/mol.